The number of nitrogens with zero attached hydrogens (tertiary/aromatic N) is 1. The number of carboxylic acids is 1. The molecule has 4 aromatic rings. The fourth-order valence-corrected chi connectivity index (χ4v) is 4.49. The molecule has 0 aliphatic carbocycles. The molecule has 0 bridgehead atoms. The minimum Gasteiger partial charge on any atom is -0.496 e. The normalized spacial score (nSPS) is 11.7. The fraction of sp³-hybridized carbons (Fsp3) is 0.148. The highest BCUT2D eigenvalue weighted by molar-refractivity contribution is 6.39. The number of ether oxygens (including phenoxy) is 2. The van der Waals surface area contributed by atoms with Gasteiger partial charge in [-0.3, -0.25) is 4.79 Å². The summed E-state index contributed by atoms with van der Waals surface area (Å²) in [5.74, 6) is -0.563. The monoisotopic (exact) mass is 524 g/mol. The average molecular weight is 525 g/mol. The largest absolute Gasteiger partial charge is 0.496 e. The minimum absolute atomic E-state index is 0.0362. The number of carbonyl (C=O) groups is 2. The number of amides is 1. The van der Waals surface area contributed by atoms with E-state index in [-0.39, 0.29) is 22.0 Å². The molecule has 0 unspecified atom stereocenters. The van der Waals surface area contributed by atoms with Crippen molar-refractivity contribution in [2.24, 2.45) is 0 Å². The maximum atomic E-state index is 12.7. The Hall–Kier alpha value is -3.81. The smallest absolute Gasteiger partial charge is 0.326 e. The Kier molecular flexibility index (Phi) is 7.62. The van der Waals surface area contributed by atoms with Crippen molar-refractivity contribution >= 4 is 46.0 Å². The Morgan fingerprint density at radius 2 is 1.58 bits per heavy atom. The van der Waals surface area contributed by atoms with Gasteiger partial charge in [0.15, 0.2) is 0 Å². The fourth-order valence-electron chi connectivity index (χ4n) is 3.93. The number of carboxylic acid groups (broad SMARTS) is 1. The van der Waals surface area contributed by atoms with Crippen molar-refractivity contribution in [3.63, 3.8) is 0 Å². The third kappa shape index (κ3) is 5.22. The van der Waals surface area contributed by atoms with Crippen molar-refractivity contribution in [3.05, 3.63) is 87.9 Å². The van der Waals surface area contributed by atoms with Crippen molar-refractivity contribution in [2.45, 2.75) is 12.5 Å². The lowest BCUT2D eigenvalue weighted by molar-refractivity contribution is -0.139. The molecule has 1 atom stereocenters. The molecule has 1 heterocycles. The van der Waals surface area contributed by atoms with Crippen molar-refractivity contribution in [2.75, 3.05) is 14.2 Å². The maximum Gasteiger partial charge on any atom is 0.326 e. The molecule has 0 spiro atoms. The molecule has 36 heavy (non-hydrogen) atoms. The van der Waals surface area contributed by atoms with Crippen LogP contribution >= 0.6 is 23.2 Å². The molecular formula is C27H22Cl2N2O5. The van der Waals surface area contributed by atoms with E-state index in [4.69, 9.17) is 37.7 Å². The summed E-state index contributed by atoms with van der Waals surface area (Å²) in [4.78, 5) is 29.4. The Balaban J connectivity index is 1.60. The number of carbonyl (C=O) groups excluding carboxylic acids is 1. The molecule has 0 fully saturated rings. The Morgan fingerprint density at radius 1 is 0.944 bits per heavy atom. The van der Waals surface area contributed by atoms with Gasteiger partial charge in [0.1, 0.15) is 17.5 Å². The third-order valence-corrected chi connectivity index (χ3v) is 6.30. The first-order valence-corrected chi connectivity index (χ1v) is 11.7. The lowest BCUT2D eigenvalue weighted by Gasteiger charge is -2.16. The highest BCUT2D eigenvalue weighted by Gasteiger charge is 2.24. The van der Waals surface area contributed by atoms with Gasteiger partial charge in [-0.25, -0.2) is 9.78 Å². The second-order valence-electron chi connectivity index (χ2n) is 7.93. The van der Waals surface area contributed by atoms with Crippen molar-refractivity contribution in [1.82, 2.24) is 10.3 Å². The van der Waals surface area contributed by atoms with Gasteiger partial charge >= 0.3 is 5.97 Å². The Labute approximate surface area is 217 Å². The van der Waals surface area contributed by atoms with Crippen LogP contribution in [0.2, 0.25) is 10.0 Å². The summed E-state index contributed by atoms with van der Waals surface area (Å²) in [6, 6.07) is 18.1. The summed E-state index contributed by atoms with van der Waals surface area (Å²) in [5, 5.41) is 13.3. The number of rotatable bonds is 8. The Morgan fingerprint density at radius 3 is 2.19 bits per heavy atom. The minimum atomic E-state index is -1.19. The van der Waals surface area contributed by atoms with Crippen molar-refractivity contribution in [1.29, 1.82) is 0 Å². The molecule has 4 rings (SSSR count). The number of halogens is 2. The molecular weight excluding hydrogens is 503 g/mol. The van der Waals surface area contributed by atoms with Gasteiger partial charge in [-0.05, 0) is 48.0 Å². The van der Waals surface area contributed by atoms with E-state index in [9.17, 15) is 14.7 Å². The summed E-state index contributed by atoms with van der Waals surface area (Å²) < 4.78 is 11.0. The summed E-state index contributed by atoms with van der Waals surface area (Å²) in [7, 11) is 3.17. The van der Waals surface area contributed by atoms with Gasteiger partial charge in [-0.1, -0.05) is 47.5 Å². The van der Waals surface area contributed by atoms with Gasteiger partial charge in [0.05, 0.1) is 46.6 Å². The van der Waals surface area contributed by atoms with E-state index in [2.05, 4.69) is 5.32 Å². The van der Waals surface area contributed by atoms with E-state index in [1.807, 2.05) is 42.5 Å². The molecule has 9 heteroatoms. The molecule has 1 aromatic heterocycles. The SMILES string of the molecule is COc1cccc(OC)c1-c1ccc2cc(C[C@@H](NC(=O)c3c(Cl)cccc3Cl)C(=O)O)ccc2n1. The van der Waals surface area contributed by atoms with Crippen LogP contribution < -0.4 is 14.8 Å². The van der Waals surface area contributed by atoms with Crippen molar-refractivity contribution < 1.29 is 24.2 Å². The van der Waals surface area contributed by atoms with Gasteiger partial charge in [0, 0.05) is 11.8 Å². The van der Waals surface area contributed by atoms with Crippen LogP contribution in [-0.4, -0.2) is 42.2 Å². The van der Waals surface area contributed by atoms with E-state index in [1.165, 1.54) is 12.1 Å². The third-order valence-electron chi connectivity index (χ3n) is 5.67. The van der Waals surface area contributed by atoms with Gasteiger partial charge < -0.3 is 19.9 Å². The number of hydrogen-bond donors (Lipinski definition) is 2. The number of fused-ring (bicyclic) bond motifs is 1. The first-order chi connectivity index (χ1) is 17.3. The maximum absolute atomic E-state index is 12.7. The summed E-state index contributed by atoms with van der Waals surface area (Å²) in [6.07, 6.45) is 0.0567. The zero-order valence-corrected chi connectivity index (χ0v) is 20.9. The average Bonchev–Trinajstić information content (AvgIpc) is 2.87. The zero-order chi connectivity index (χ0) is 25.8. The van der Waals surface area contributed by atoms with Crippen LogP contribution in [0.3, 0.4) is 0 Å². The highest BCUT2D eigenvalue weighted by Crippen LogP contribution is 2.37. The number of aromatic nitrogens is 1. The van der Waals surface area contributed by atoms with E-state index >= 15 is 0 Å². The van der Waals surface area contributed by atoms with Crippen LogP contribution in [0.15, 0.2) is 66.7 Å². The van der Waals surface area contributed by atoms with Gasteiger partial charge in [-0.15, -0.1) is 0 Å². The van der Waals surface area contributed by atoms with E-state index in [0.717, 1.165) is 10.9 Å². The quantitative estimate of drug-likeness (QED) is 0.309. The van der Waals surface area contributed by atoms with Gasteiger partial charge in [0.2, 0.25) is 0 Å². The van der Waals surface area contributed by atoms with Crippen LogP contribution in [0.1, 0.15) is 15.9 Å². The topological polar surface area (TPSA) is 97.8 Å². The van der Waals surface area contributed by atoms with Crippen molar-refractivity contribution in [3.8, 4) is 22.8 Å². The highest BCUT2D eigenvalue weighted by atomic mass is 35.5. The molecule has 1 amide bonds. The van der Waals surface area contributed by atoms with Gasteiger partial charge in [0.25, 0.3) is 5.91 Å². The number of methoxy groups -OCH3 is 2. The molecule has 0 radical (unpaired) electrons. The predicted octanol–water partition coefficient (Wildman–Crippen LogP) is 5.65. The standard InChI is InChI=1S/C27H22Cl2N2O5/c1-35-22-7-4-8-23(36-2)25(22)20-12-10-16-13-15(9-11-19(16)30-20)14-21(27(33)34)31-26(32)24-17(28)5-3-6-18(24)29/h3-13,21H,14H2,1-2H3,(H,31,32)(H,33,34)/t21-/m1/s1. The van der Waals surface area contributed by atoms with Gasteiger partial charge in [-0.2, -0.15) is 0 Å². The molecule has 184 valence electrons. The van der Waals surface area contributed by atoms with Crippen LogP contribution in [-0.2, 0) is 11.2 Å². The second kappa shape index (κ2) is 10.8. The second-order valence-corrected chi connectivity index (χ2v) is 8.74. The zero-order valence-electron chi connectivity index (χ0n) is 19.4. The number of nitrogens with one attached hydrogen (secondary N) is 1. The van der Waals surface area contributed by atoms with E-state index < -0.39 is 17.9 Å². The number of benzene rings is 3. The lowest BCUT2D eigenvalue weighted by Crippen LogP contribution is -2.42. The number of pyridine rings is 1. The molecule has 2 N–H and O–H groups in total. The molecule has 7 nitrogen and oxygen atoms in total. The molecule has 0 aliphatic rings. The molecule has 0 saturated carbocycles. The first-order valence-electron chi connectivity index (χ1n) is 10.9. The first kappa shape index (κ1) is 25.3. The van der Waals surface area contributed by atoms with Crippen LogP contribution in [0.5, 0.6) is 11.5 Å². The Bertz CT molecular complexity index is 1420. The van der Waals surface area contributed by atoms with Crippen LogP contribution in [0.25, 0.3) is 22.2 Å². The number of hydrogen-bond acceptors (Lipinski definition) is 5. The summed E-state index contributed by atoms with van der Waals surface area (Å²) in [5.41, 5.74) is 2.87. The molecule has 3 aromatic carbocycles. The lowest BCUT2D eigenvalue weighted by atomic mass is 10.0. The van der Waals surface area contributed by atoms with Crippen LogP contribution in [0, 0.1) is 0 Å². The number of aliphatic carboxylic acids is 1. The molecule has 0 saturated heterocycles. The van der Waals surface area contributed by atoms with Crippen LogP contribution in [0.4, 0.5) is 0 Å². The summed E-state index contributed by atoms with van der Waals surface area (Å²) in [6.45, 7) is 0. The van der Waals surface area contributed by atoms with E-state index in [1.54, 1.807) is 26.4 Å². The predicted molar refractivity (Wildman–Crippen MR) is 139 cm³/mol. The van der Waals surface area contributed by atoms with E-state index in [0.29, 0.717) is 28.3 Å². The summed E-state index contributed by atoms with van der Waals surface area (Å²) >= 11 is 12.2. The molecule has 0 aliphatic heterocycles.